The fourth-order valence-electron chi connectivity index (χ4n) is 2.51. The van der Waals surface area contributed by atoms with Crippen molar-refractivity contribution in [3.8, 4) is 0 Å². The van der Waals surface area contributed by atoms with Crippen molar-refractivity contribution in [2.75, 3.05) is 0 Å². The van der Waals surface area contributed by atoms with Crippen molar-refractivity contribution >= 4 is 31.9 Å². The molecule has 0 saturated carbocycles. The fraction of sp³-hybridized carbons (Fsp3) is 0.455. The lowest BCUT2D eigenvalue weighted by Gasteiger charge is -2.24. The maximum Gasteiger partial charge on any atom is 0.416 e. The number of ether oxygens (including phenoxy) is 1. The molecule has 1 aromatic rings. The van der Waals surface area contributed by atoms with Crippen LogP contribution in [0.3, 0.4) is 0 Å². The highest BCUT2D eigenvalue weighted by atomic mass is 79.9. The van der Waals surface area contributed by atoms with Gasteiger partial charge in [-0.3, -0.25) is 0 Å². The Bertz CT molecular complexity index is 474. The Morgan fingerprint density at radius 1 is 1.06 bits per heavy atom. The zero-order valence-corrected chi connectivity index (χ0v) is 11.5. The molecule has 1 aromatic carbocycles. The molecule has 2 heterocycles. The molecule has 6 heteroatoms. The van der Waals surface area contributed by atoms with Crippen molar-refractivity contribution in [2.45, 2.75) is 28.0 Å². The van der Waals surface area contributed by atoms with Crippen LogP contribution < -0.4 is 0 Å². The topological polar surface area (TPSA) is 9.23 Å². The second-order valence-corrected chi connectivity index (χ2v) is 6.29. The number of benzene rings is 1. The third-order valence-electron chi connectivity index (χ3n) is 3.21. The van der Waals surface area contributed by atoms with E-state index in [0.29, 0.717) is 11.1 Å². The van der Waals surface area contributed by atoms with Gasteiger partial charge in [0, 0.05) is 0 Å². The van der Waals surface area contributed by atoms with Crippen LogP contribution in [0, 0.1) is 0 Å². The fourth-order valence-corrected chi connectivity index (χ4v) is 3.86. The van der Waals surface area contributed by atoms with Gasteiger partial charge in [0.1, 0.15) is 0 Å². The molecule has 3 rings (SSSR count). The summed E-state index contributed by atoms with van der Waals surface area (Å²) in [5, 5.41) is 0. The SMILES string of the molecule is FC(F)(F)c1cccc2c1[C@@H]1O[C@@H]2[C@H](Br)[C@@H]1Br. The van der Waals surface area contributed by atoms with Crippen LogP contribution in [0.2, 0.25) is 0 Å². The molecule has 92 valence electrons. The van der Waals surface area contributed by atoms with Gasteiger partial charge in [0.05, 0.1) is 27.4 Å². The zero-order valence-electron chi connectivity index (χ0n) is 8.34. The van der Waals surface area contributed by atoms with Crippen LogP contribution in [0.15, 0.2) is 18.2 Å². The van der Waals surface area contributed by atoms with E-state index >= 15 is 0 Å². The van der Waals surface area contributed by atoms with Gasteiger partial charge in [-0.25, -0.2) is 0 Å². The van der Waals surface area contributed by atoms with Gasteiger partial charge in [0.15, 0.2) is 0 Å². The van der Waals surface area contributed by atoms with E-state index in [0.717, 1.165) is 6.07 Å². The zero-order chi connectivity index (χ0) is 12.4. The van der Waals surface area contributed by atoms with E-state index < -0.39 is 17.8 Å². The van der Waals surface area contributed by atoms with E-state index in [1.807, 2.05) is 0 Å². The first kappa shape index (κ1) is 12.0. The Hall–Kier alpha value is -0.0700. The summed E-state index contributed by atoms with van der Waals surface area (Å²) in [5.74, 6) is 0. The summed E-state index contributed by atoms with van der Waals surface area (Å²) in [5.41, 5.74) is 0.372. The highest BCUT2D eigenvalue weighted by Gasteiger charge is 2.53. The van der Waals surface area contributed by atoms with Crippen LogP contribution in [0.1, 0.15) is 28.9 Å². The van der Waals surface area contributed by atoms with Crippen molar-refractivity contribution in [3.05, 3.63) is 34.9 Å². The average Bonchev–Trinajstić information content (AvgIpc) is 2.76. The number of halogens is 5. The highest BCUT2D eigenvalue weighted by Crippen LogP contribution is 2.58. The molecule has 2 bridgehead atoms. The summed E-state index contributed by atoms with van der Waals surface area (Å²) in [7, 11) is 0. The molecule has 0 amide bonds. The minimum Gasteiger partial charge on any atom is -0.363 e. The minimum atomic E-state index is -4.33. The van der Waals surface area contributed by atoms with E-state index in [1.165, 1.54) is 6.07 Å². The van der Waals surface area contributed by atoms with Crippen molar-refractivity contribution in [1.82, 2.24) is 0 Å². The summed E-state index contributed by atoms with van der Waals surface area (Å²) in [6, 6.07) is 4.27. The van der Waals surface area contributed by atoms with Gasteiger partial charge in [-0.1, -0.05) is 44.0 Å². The molecule has 1 saturated heterocycles. The van der Waals surface area contributed by atoms with Crippen LogP contribution in [0.5, 0.6) is 0 Å². The normalized spacial score (nSPS) is 35.1. The Morgan fingerprint density at radius 3 is 2.35 bits per heavy atom. The summed E-state index contributed by atoms with van der Waals surface area (Å²) >= 11 is 6.84. The maximum absolute atomic E-state index is 12.9. The van der Waals surface area contributed by atoms with Crippen molar-refractivity contribution in [2.24, 2.45) is 0 Å². The monoisotopic (exact) mass is 370 g/mol. The van der Waals surface area contributed by atoms with Gasteiger partial charge in [0.25, 0.3) is 0 Å². The molecule has 0 N–H and O–H groups in total. The van der Waals surface area contributed by atoms with Crippen molar-refractivity contribution in [3.63, 3.8) is 0 Å². The first-order valence-corrected chi connectivity index (χ1v) is 6.88. The van der Waals surface area contributed by atoms with Crippen molar-refractivity contribution < 1.29 is 17.9 Å². The number of hydrogen-bond donors (Lipinski definition) is 0. The number of rotatable bonds is 0. The summed E-state index contributed by atoms with van der Waals surface area (Å²) in [4.78, 5) is -0.105. The molecule has 0 spiro atoms. The number of hydrogen-bond acceptors (Lipinski definition) is 1. The van der Waals surface area contributed by atoms with Crippen molar-refractivity contribution in [1.29, 1.82) is 0 Å². The first-order valence-electron chi connectivity index (χ1n) is 5.05. The average molecular weight is 372 g/mol. The quantitative estimate of drug-likeness (QED) is 0.616. The summed E-state index contributed by atoms with van der Waals surface area (Å²) < 4.78 is 44.3. The minimum absolute atomic E-state index is 0.0171. The summed E-state index contributed by atoms with van der Waals surface area (Å²) in [6.07, 6.45) is -5.13. The Balaban J connectivity index is 2.19. The van der Waals surface area contributed by atoms with Gasteiger partial charge < -0.3 is 4.74 Å². The molecule has 2 aliphatic heterocycles. The van der Waals surface area contributed by atoms with Crippen LogP contribution in [0.4, 0.5) is 13.2 Å². The van der Waals surface area contributed by atoms with E-state index in [4.69, 9.17) is 4.74 Å². The smallest absolute Gasteiger partial charge is 0.363 e. The molecule has 0 aliphatic carbocycles. The molecule has 2 aliphatic rings. The second kappa shape index (κ2) is 3.71. The summed E-state index contributed by atoms with van der Waals surface area (Å²) in [6.45, 7) is 0. The Kier molecular flexibility index (Phi) is 2.62. The number of fused-ring (bicyclic) bond motifs is 5. The maximum atomic E-state index is 12.9. The molecule has 0 radical (unpaired) electrons. The molecular weight excluding hydrogens is 365 g/mol. The third-order valence-corrected chi connectivity index (χ3v) is 6.02. The van der Waals surface area contributed by atoms with E-state index in [2.05, 4.69) is 31.9 Å². The number of alkyl halides is 5. The standard InChI is InChI=1S/C11H7Br2F3O/c12-7-8(13)10-6-4(9(7)17-10)2-1-3-5(6)11(14,15)16/h1-3,7-10H/t7-,8+,9+,10+/m1/s1. The predicted molar refractivity (Wildman–Crippen MR) is 63.4 cm³/mol. The van der Waals surface area contributed by atoms with E-state index in [9.17, 15) is 13.2 Å². The molecule has 1 fully saturated rings. The van der Waals surface area contributed by atoms with Gasteiger partial charge in [-0.2, -0.15) is 13.2 Å². The molecule has 4 atom stereocenters. The first-order chi connectivity index (χ1) is 7.91. The van der Waals surface area contributed by atoms with Gasteiger partial charge in [-0.15, -0.1) is 0 Å². The molecule has 0 aromatic heterocycles. The van der Waals surface area contributed by atoms with Gasteiger partial charge in [0.2, 0.25) is 0 Å². The van der Waals surface area contributed by atoms with Crippen LogP contribution >= 0.6 is 31.9 Å². The lowest BCUT2D eigenvalue weighted by atomic mass is 9.88. The van der Waals surface area contributed by atoms with E-state index in [1.54, 1.807) is 6.07 Å². The second-order valence-electron chi connectivity index (χ2n) is 4.17. The Labute approximate surface area is 113 Å². The Morgan fingerprint density at radius 2 is 1.71 bits per heavy atom. The van der Waals surface area contributed by atoms with Crippen LogP contribution in [0.25, 0.3) is 0 Å². The van der Waals surface area contributed by atoms with Crippen LogP contribution in [-0.4, -0.2) is 9.65 Å². The van der Waals surface area contributed by atoms with Crippen LogP contribution in [-0.2, 0) is 10.9 Å². The molecular formula is C11H7Br2F3O. The molecule has 0 unspecified atom stereocenters. The van der Waals surface area contributed by atoms with Gasteiger partial charge in [-0.05, 0) is 17.2 Å². The molecule has 17 heavy (non-hydrogen) atoms. The lowest BCUT2D eigenvalue weighted by molar-refractivity contribution is -0.138. The lowest BCUT2D eigenvalue weighted by Crippen LogP contribution is -2.24. The van der Waals surface area contributed by atoms with Gasteiger partial charge >= 0.3 is 6.18 Å². The van der Waals surface area contributed by atoms with E-state index in [-0.39, 0.29) is 15.8 Å². The predicted octanol–water partition coefficient (Wildman–Crippen LogP) is 4.36. The highest BCUT2D eigenvalue weighted by molar-refractivity contribution is 9.12. The molecule has 1 nitrogen and oxygen atoms in total. The largest absolute Gasteiger partial charge is 0.416 e. The third kappa shape index (κ3) is 1.60.